The van der Waals surface area contributed by atoms with Gasteiger partial charge in [0, 0.05) is 17.8 Å². The maximum absolute atomic E-state index is 5.46. The number of nitrogens with one attached hydrogen (secondary N) is 2. The first-order valence-corrected chi connectivity index (χ1v) is 8.26. The lowest BCUT2D eigenvalue weighted by Crippen LogP contribution is -2.19. The van der Waals surface area contributed by atoms with Crippen molar-refractivity contribution in [2.45, 2.75) is 6.17 Å². The Kier molecular flexibility index (Phi) is 3.53. The van der Waals surface area contributed by atoms with Gasteiger partial charge in [0.05, 0.1) is 0 Å². The number of thiazole rings is 1. The lowest BCUT2D eigenvalue weighted by atomic mass is 10.1. The molecule has 1 aliphatic rings. The van der Waals surface area contributed by atoms with Crippen LogP contribution in [0.15, 0.2) is 42.0 Å². The molecule has 2 N–H and O–H groups in total. The molecule has 0 unspecified atom stereocenters. The van der Waals surface area contributed by atoms with Gasteiger partial charge in [-0.05, 0) is 35.3 Å². The normalized spacial score (nSPS) is 13.8. The van der Waals surface area contributed by atoms with E-state index in [1.807, 2.05) is 29.6 Å². The molecule has 0 bridgehead atoms. The zero-order valence-corrected chi connectivity index (χ0v) is 13.0. The third kappa shape index (κ3) is 2.70. The van der Waals surface area contributed by atoms with E-state index in [1.165, 1.54) is 11.5 Å². The number of ether oxygens (including phenoxy) is 2. The van der Waals surface area contributed by atoms with E-state index in [9.17, 15) is 0 Å². The zero-order valence-electron chi connectivity index (χ0n) is 11.4. The fourth-order valence-corrected chi connectivity index (χ4v) is 3.23. The van der Waals surface area contributed by atoms with Gasteiger partial charge in [0.2, 0.25) is 6.79 Å². The van der Waals surface area contributed by atoms with E-state index in [4.69, 9.17) is 9.47 Å². The summed E-state index contributed by atoms with van der Waals surface area (Å²) in [6, 6.07) is 7.84. The monoisotopic (exact) mass is 332 g/mol. The first-order chi connectivity index (χ1) is 10.9. The topological polar surface area (TPSA) is 68.3 Å². The maximum atomic E-state index is 5.46. The molecule has 3 aromatic rings. The van der Waals surface area contributed by atoms with E-state index in [2.05, 4.69) is 20.0 Å². The number of nitrogens with zero attached hydrogens (tertiary/aromatic N) is 2. The molecule has 112 valence electrons. The standard InChI is InChI=1S/C14H12N4O2S2/c1-2-10-11(20-8-19-10)7-9(1)13(17-12-3-4-16-22-12)18-14-15-5-6-21-14/h1-7,13,17H,8H2,(H,15,18)/t13-/m0/s1. The molecule has 3 heterocycles. The van der Waals surface area contributed by atoms with E-state index in [0.717, 1.165) is 27.2 Å². The molecule has 1 aromatic carbocycles. The second-order valence-corrected chi connectivity index (χ2v) is 6.28. The molecule has 0 spiro atoms. The van der Waals surface area contributed by atoms with Crippen molar-refractivity contribution in [3.8, 4) is 11.5 Å². The Balaban J connectivity index is 1.63. The molecule has 6 nitrogen and oxygen atoms in total. The second kappa shape index (κ2) is 5.82. The first-order valence-electron chi connectivity index (χ1n) is 6.61. The van der Waals surface area contributed by atoms with Crippen LogP contribution < -0.4 is 20.1 Å². The van der Waals surface area contributed by atoms with Crippen LogP contribution in [0.2, 0.25) is 0 Å². The number of hydrogen-bond donors (Lipinski definition) is 2. The molecule has 0 radical (unpaired) electrons. The molecule has 22 heavy (non-hydrogen) atoms. The van der Waals surface area contributed by atoms with Crippen LogP contribution in [0.25, 0.3) is 0 Å². The van der Waals surface area contributed by atoms with Gasteiger partial charge in [-0.3, -0.25) is 0 Å². The molecule has 1 aliphatic heterocycles. The molecule has 4 rings (SSSR count). The number of anilines is 2. The summed E-state index contributed by atoms with van der Waals surface area (Å²) in [5.74, 6) is 1.53. The number of hydrogen-bond acceptors (Lipinski definition) is 8. The lowest BCUT2D eigenvalue weighted by Gasteiger charge is -2.20. The number of benzene rings is 1. The van der Waals surface area contributed by atoms with Crippen molar-refractivity contribution in [3.05, 3.63) is 47.6 Å². The van der Waals surface area contributed by atoms with Gasteiger partial charge in [-0.25, -0.2) is 4.98 Å². The number of fused-ring (bicyclic) bond motifs is 1. The van der Waals surface area contributed by atoms with Crippen molar-refractivity contribution in [2.24, 2.45) is 0 Å². The van der Waals surface area contributed by atoms with Crippen molar-refractivity contribution >= 4 is 33.0 Å². The van der Waals surface area contributed by atoms with Gasteiger partial charge in [-0.15, -0.1) is 11.3 Å². The van der Waals surface area contributed by atoms with Gasteiger partial charge in [0.25, 0.3) is 0 Å². The van der Waals surface area contributed by atoms with Gasteiger partial charge in [0.15, 0.2) is 16.6 Å². The molecular weight excluding hydrogens is 320 g/mol. The lowest BCUT2D eigenvalue weighted by molar-refractivity contribution is 0.174. The summed E-state index contributed by atoms with van der Waals surface area (Å²) in [5.41, 5.74) is 1.04. The summed E-state index contributed by atoms with van der Waals surface area (Å²) < 4.78 is 14.9. The van der Waals surface area contributed by atoms with Crippen LogP contribution >= 0.6 is 22.9 Å². The fraction of sp³-hybridized carbons (Fsp3) is 0.143. The fourth-order valence-electron chi connectivity index (χ4n) is 2.15. The van der Waals surface area contributed by atoms with Crippen LogP contribution in [0, 0.1) is 0 Å². The molecule has 0 amide bonds. The minimum absolute atomic E-state index is 0.138. The Morgan fingerprint density at radius 1 is 1.09 bits per heavy atom. The van der Waals surface area contributed by atoms with Crippen LogP contribution in [-0.4, -0.2) is 16.2 Å². The summed E-state index contributed by atoms with van der Waals surface area (Å²) >= 11 is 2.96. The largest absolute Gasteiger partial charge is 0.454 e. The van der Waals surface area contributed by atoms with E-state index < -0.39 is 0 Å². The third-order valence-electron chi connectivity index (χ3n) is 3.15. The molecule has 0 aliphatic carbocycles. The van der Waals surface area contributed by atoms with Crippen molar-refractivity contribution in [1.29, 1.82) is 0 Å². The zero-order chi connectivity index (χ0) is 14.8. The van der Waals surface area contributed by atoms with Crippen molar-refractivity contribution in [1.82, 2.24) is 9.36 Å². The second-order valence-electron chi connectivity index (χ2n) is 4.55. The van der Waals surface area contributed by atoms with Crippen LogP contribution in [0.5, 0.6) is 11.5 Å². The summed E-state index contributed by atoms with van der Waals surface area (Å²) in [4.78, 5) is 4.28. The van der Waals surface area contributed by atoms with Gasteiger partial charge in [-0.2, -0.15) is 4.37 Å². The minimum atomic E-state index is -0.138. The Bertz CT molecular complexity index is 710. The SMILES string of the molecule is c1cc(N[C@@H](Nc2nccs2)c2ccc3c(c2)OCO3)sn1. The molecule has 2 aromatic heterocycles. The van der Waals surface area contributed by atoms with Crippen molar-refractivity contribution in [3.63, 3.8) is 0 Å². The van der Waals surface area contributed by atoms with E-state index in [0.29, 0.717) is 0 Å². The van der Waals surface area contributed by atoms with Crippen molar-refractivity contribution in [2.75, 3.05) is 17.4 Å². The highest BCUT2D eigenvalue weighted by molar-refractivity contribution is 7.13. The highest BCUT2D eigenvalue weighted by Gasteiger charge is 2.19. The number of aromatic nitrogens is 2. The maximum Gasteiger partial charge on any atom is 0.231 e. The molecule has 0 saturated heterocycles. The van der Waals surface area contributed by atoms with Crippen molar-refractivity contribution < 1.29 is 9.47 Å². The van der Waals surface area contributed by atoms with Gasteiger partial charge in [-0.1, -0.05) is 6.07 Å². The minimum Gasteiger partial charge on any atom is -0.454 e. The summed E-state index contributed by atoms with van der Waals surface area (Å²) in [6.45, 7) is 0.269. The van der Waals surface area contributed by atoms with Gasteiger partial charge < -0.3 is 20.1 Å². The third-order valence-corrected chi connectivity index (χ3v) is 4.54. The predicted octanol–water partition coefficient (Wildman–Crippen LogP) is 3.55. The van der Waals surface area contributed by atoms with E-state index >= 15 is 0 Å². The summed E-state index contributed by atoms with van der Waals surface area (Å²) in [7, 11) is 0. The Morgan fingerprint density at radius 2 is 2.05 bits per heavy atom. The molecular formula is C14H12N4O2S2. The smallest absolute Gasteiger partial charge is 0.231 e. The number of rotatable bonds is 5. The van der Waals surface area contributed by atoms with E-state index in [-0.39, 0.29) is 13.0 Å². The Hall–Kier alpha value is -2.32. The van der Waals surface area contributed by atoms with Crippen LogP contribution in [0.3, 0.4) is 0 Å². The first kappa shape index (κ1) is 13.4. The summed E-state index contributed by atoms with van der Waals surface area (Å²) in [5, 5.41) is 10.6. The highest BCUT2D eigenvalue weighted by Crippen LogP contribution is 2.35. The molecule has 8 heteroatoms. The average molecular weight is 332 g/mol. The van der Waals surface area contributed by atoms with E-state index in [1.54, 1.807) is 23.7 Å². The predicted molar refractivity (Wildman–Crippen MR) is 86.8 cm³/mol. The Labute approximate surface area is 134 Å². The van der Waals surface area contributed by atoms with Gasteiger partial charge in [0.1, 0.15) is 11.2 Å². The Morgan fingerprint density at radius 3 is 2.86 bits per heavy atom. The average Bonchev–Trinajstić information content (AvgIpc) is 3.28. The highest BCUT2D eigenvalue weighted by atomic mass is 32.1. The van der Waals surface area contributed by atoms with Crippen LogP contribution in [-0.2, 0) is 0 Å². The summed E-state index contributed by atoms with van der Waals surface area (Å²) in [6.07, 6.45) is 3.41. The van der Waals surface area contributed by atoms with Crippen LogP contribution in [0.4, 0.5) is 10.1 Å². The van der Waals surface area contributed by atoms with Crippen LogP contribution in [0.1, 0.15) is 11.7 Å². The molecule has 0 saturated carbocycles. The molecule has 0 fully saturated rings. The molecule has 1 atom stereocenters. The van der Waals surface area contributed by atoms with Gasteiger partial charge >= 0.3 is 0 Å². The quantitative estimate of drug-likeness (QED) is 0.697.